The first-order chi connectivity index (χ1) is 12.5. The molecule has 0 radical (unpaired) electrons. The molecule has 0 spiro atoms. The average molecular weight is 400 g/mol. The van der Waals surface area contributed by atoms with Gasteiger partial charge in [0.1, 0.15) is 13.2 Å². The van der Waals surface area contributed by atoms with Gasteiger partial charge < -0.3 is 26.4 Å². The molecule has 0 N–H and O–H groups in total. The van der Waals surface area contributed by atoms with Gasteiger partial charge in [-0.05, 0) is 18.6 Å². The van der Waals surface area contributed by atoms with Crippen LogP contribution in [-0.4, -0.2) is 51.0 Å². The molecule has 0 atom stereocenters. The molecule has 0 bridgehead atoms. The molecule has 1 rings (SSSR count). The summed E-state index contributed by atoms with van der Waals surface area (Å²) in [6.07, 6.45) is 10.5. The van der Waals surface area contributed by atoms with E-state index in [1.807, 2.05) is 18.2 Å². The van der Waals surface area contributed by atoms with E-state index in [1.165, 1.54) is 44.9 Å². The van der Waals surface area contributed by atoms with Crippen LogP contribution in [-0.2, 0) is 9.47 Å². The van der Waals surface area contributed by atoms with Crippen molar-refractivity contribution in [3.05, 3.63) is 35.9 Å². The Hall–Kier alpha value is -1.10. The number of unbranched alkanes of at least 4 members (excludes halogenated alkanes) is 7. The Labute approximate surface area is 172 Å². The molecule has 0 aliphatic rings. The van der Waals surface area contributed by atoms with Crippen molar-refractivity contribution in [3.63, 3.8) is 0 Å². The summed E-state index contributed by atoms with van der Waals surface area (Å²) in [5, 5.41) is 0. The molecule has 0 aromatic heterocycles. The van der Waals surface area contributed by atoms with Crippen LogP contribution in [0.15, 0.2) is 30.3 Å². The molecule has 0 unspecified atom stereocenters. The number of esters is 1. The largest absolute Gasteiger partial charge is 1.00 e. The normalized spacial score (nSPS) is 11.1. The Bertz CT molecular complexity index is 480. The third-order valence-corrected chi connectivity index (χ3v) is 4.52. The van der Waals surface area contributed by atoms with Gasteiger partial charge in [-0.1, -0.05) is 70.1 Å². The van der Waals surface area contributed by atoms with Gasteiger partial charge in [0.05, 0.1) is 26.3 Å². The maximum Gasteiger partial charge on any atom is 0.338 e. The first-order valence-corrected chi connectivity index (χ1v) is 10.2. The maximum absolute atomic E-state index is 11.9. The lowest BCUT2D eigenvalue weighted by molar-refractivity contribution is -0.909. The Morgan fingerprint density at radius 3 is 2.11 bits per heavy atom. The van der Waals surface area contributed by atoms with E-state index >= 15 is 0 Å². The predicted octanol–water partition coefficient (Wildman–Crippen LogP) is 2.04. The molecule has 0 saturated heterocycles. The highest BCUT2D eigenvalue weighted by Crippen LogP contribution is 2.09. The number of benzene rings is 1. The molecule has 0 fully saturated rings. The summed E-state index contributed by atoms with van der Waals surface area (Å²) in [5.74, 6) is -0.259. The van der Waals surface area contributed by atoms with Crippen LogP contribution in [0.5, 0.6) is 0 Å². The van der Waals surface area contributed by atoms with E-state index in [9.17, 15) is 4.79 Å². The first kappa shape index (κ1) is 25.9. The molecule has 4 nitrogen and oxygen atoms in total. The minimum Gasteiger partial charge on any atom is -1.00 e. The number of carbonyl (C=O) groups excluding carboxylic acids is 1. The molecule has 5 heteroatoms. The van der Waals surface area contributed by atoms with Gasteiger partial charge in [0.25, 0.3) is 0 Å². The van der Waals surface area contributed by atoms with E-state index < -0.39 is 0 Å². The SMILES string of the molecule is CCCCCCCCCCOC[N+](C)(C)CCOC(=O)c1ccccc1.[Cl-]. The molecule has 0 heterocycles. The highest BCUT2D eigenvalue weighted by molar-refractivity contribution is 5.89. The molecular formula is C22H38ClNO3. The monoisotopic (exact) mass is 399 g/mol. The van der Waals surface area contributed by atoms with Crippen LogP contribution in [0.1, 0.15) is 68.6 Å². The fraction of sp³-hybridized carbons (Fsp3) is 0.682. The van der Waals surface area contributed by atoms with Crippen LogP contribution in [0.2, 0.25) is 0 Å². The van der Waals surface area contributed by atoms with E-state index in [2.05, 4.69) is 21.0 Å². The molecular weight excluding hydrogens is 362 g/mol. The highest BCUT2D eigenvalue weighted by atomic mass is 35.5. The van der Waals surface area contributed by atoms with Crippen LogP contribution in [0.25, 0.3) is 0 Å². The second kappa shape index (κ2) is 15.9. The van der Waals surface area contributed by atoms with Gasteiger partial charge in [-0.3, -0.25) is 0 Å². The molecule has 156 valence electrons. The van der Waals surface area contributed by atoms with Crippen molar-refractivity contribution in [1.82, 2.24) is 0 Å². The Morgan fingerprint density at radius 2 is 1.48 bits per heavy atom. The van der Waals surface area contributed by atoms with Gasteiger partial charge in [-0.25, -0.2) is 4.79 Å². The predicted molar refractivity (Wildman–Crippen MR) is 107 cm³/mol. The number of halogens is 1. The average Bonchev–Trinajstić information content (AvgIpc) is 2.63. The second-order valence-corrected chi connectivity index (χ2v) is 7.67. The lowest BCUT2D eigenvalue weighted by Crippen LogP contribution is -3.00. The minimum atomic E-state index is -0.259. The summed E-state index contributed by atoms with van der Waals surface area (Å²) in [6.45, 7) is 4.88. The number of rotatable bonds is 15. The molecule has 0 amide bonds. The number of carbonyl (C=O) groups is 1. The van der Waals surface area contributed by atoms with Crippen LogP contribution in [0, 0.1) is 0 Å². The summed E-state index contributed by atoms with van der Waals surface area (Å²) in [6, 6.07) is 9.12. The summed E-state index contributed by atoms with van der Waals surface area (Å²) in [4.78, 5) is 11.9. The molecule has 1 aromatic rings. The summed E-state index contributed by atoms with van der Waals surface area (Å²) >= 11 is 0. The summed E-state index contributed by atoms with van der Waals surface area (Å²) in [7, 11) is 4.20. The molecule has 27 heavy (non-hydrogen) atoms. The third-order valence-electron chi connectivity index (χ3n) is 4.52. The standard InChI is InChI=1S/C22H38NO3.ClH/c1-4-5-6-7-8-9-10-14-18-25-20-23(2,3)17-19-26-22(24)21-15-12-11-13-16-21;/h11-13,15-16H,4-10,14,17-20H2,1-3H3;1H/q+1;/p-1. The first-order valence-electron chi connectivity index (χ1n) is 10.2. The maximum atomic E-state index is 11.9. The zero-order valence-electron chi connectivity index (χ0n) is 17.4. The van der Waals surface area contributed by atoms with Gasteiger partial charge in [0.15, 0.2) is 6.73 Å². The lowest BCUT2D eigenvalue weighted by Gasteiger charge is -2.28. The van der Waals surface area contributed by atoms with Gasteiger partial charge in [-0.2, -0.15) is 0 Å². The fourth-order valence-electron chi connectivity index (χ4n) is 2.76. The Kier molecular flexibility index (Phi) is 15.3. The van der Waals surface area contributed by atoms with Crippen LogP contribution in [0.3, 0.4) is 0 Å². The van der Waals surface area contributed by atoms with Crippen molar-refractivity contribution in [1.29, 1.82) is 0 Å². The van der Waals surface area contributed by atoms with E-state index in [1.54, 1.807) is 12.1 Å². The van der Waals surface area contributed by atoms with Crippen LogP contribution in [0.4, 0.5) is 0 Å². The van der Waals surface area contributed by atoms with Gasteiger partial charge in [-0.15, -0.1) is 0 Å². The van der Waals surface area contributed by atoms with E-state index in [0.29, 0.717) is 23.4 Å². The number of ether oxygens (including phenoxy) is 2. The van der Waals surface area contributed by atoms with E-state index in [-0.39, 0.29) is 18.4 Å². The van der Waals surface area contributed by atoms with E-state index in [4.69, 9.17) is 9.47 Å². The molecule has 0 aliphatic carbocycles. The molecule has 1 aromatic carbocycles. The molecule has 0 aliphatic heterocycles. The number of hydrogen-bond donors (Lipinski definition) is 0. The van der Waals surface area contributed by atoms with Crippen molar-refractivity contribution in [2.75, 3.05) is 40.6 Å². The van der Waals surface area contributed by atoms with Crippen LogP contribution >= 0.6 is 0 Å². The highest BCUT2D eigenvalue weighted by Gasteiger charge is 2.16. The van der Waals surface area contributed by atoms with Crippen molar-refractivity contribution in [2.45, 2.75) is 58.3 Å². The molecule has 0 saturated carbocycles. The number of hydrogen-bond acceptors (Lipinski definition) is 3. The van der Waals surface area contributed by atoms with Crippen LogP contribution < -0.4 is 12.4 Å². The zero-order valence-corrected chi connectivity index (χ0v) is 18.2. The lowest BCUT2D eigenvalue weighted by atomic mass is 10.1. The van der Waals surface area contributed by atoms with Gasteiger partial charge in [0, 0.05) is 0 Å². The fourth-order valence-corrected chi connectivity index (χ4v) is 2.76. The van der Waals surface area contributed by atoms with Gasteiger partial charge >= 0.3 is 5.97 Å². The van der Waals surface area contributed by atoms with Crippen molar-refractivity contribution in [3.8, 4) is 0 Å². The van der Waals surface area contributed by atoms with Crippen molar-refractivity contribution >= 4 is 5.97 Å². The smallest absolute Gasteiger partial charge is 0.338 e. The Balaban J connectivity index is 0.00000676. The van der Waals surface area contributed by atoms with Crippen molar-refractivity contribution in [2.24, 2.45) is 0 Å². The quantitative estimate of drug-likeness (QED) is 0.196. The van der Waals surface area contributed by atoms with E-state index in [0.717, 1.165) is 19.6 Å². The minimum absolute atomic E-state index is 0. The topological polar surface area (TPSA) is 35.5 Å². The number of likely N-dealkylation sites (N-methyl/N-ethyl adjacent to an activating group) is 1. The third kappa shape index (κ3) is 13.7. The number of nitrogens with zero attached hydrogens (tertiary/aromatic N) is 1. The Morgan fingerprint density at radius 1 is 0.889 bits per heavy atom. The zero-order chi connectivity index (χ0) is 19.1. The van der Waals surface area contributed by atoms with Gasteiger partial charge in [0.2, 0.25) is 0 Å². The summed E-state index contributed by atoms with van der Waals surface area (Å²) in [5.41, 5.74) is 0.601. The summed E-state index contributed by atoms with van der Waals surface area (Å²) < 4.78 is 11.9. The second-order valence-electron chi connectivity index (χ2n) is 7.67. The van der Waals surface area contributed by atoms with Crippen molar-refractivity contribution < 1.29 is 31.2 Å². The number of quaternary nitrogens is 1.